The second kappa shape index (κ2) is 9.93. The zero-order valence-corrected chi connectivity index (χ0v) is 6.26. The molecule has 0 spiro atoms. The second-order valence-electron chi connectivity index (χ2n) is 0.283. The normalized spacial score (nSPS) is 4.33. The fraction of sp³-hybridized carbons (Fsp3) is 0. The third-order valence-electron chi connectivity index (χ3n) is 0. The van der Waals surface area contributed by atoms with Crippen molar-refractivity contribution in [2.75, 3.05) is 0 Å². The van der Waals surface area contributed by atoms with Crippen LogP contribution in [0.25, 0.3) is 0 Å². The summed E-state index contributed by atoms with van der Waals surface area (Å²) in [6.07, 6.45) is 0. The first-order valence-electron chi connectivity index (χ1n) is 0.651. The van der Waals surface area contributed by atoms with Crippen LogP contribution in [0, 0.1) is 0 Å². The minimum atomic E-state index is -3.79. The van der Waals surface area contributed by atoms with Crippen molar-refractivity contribution in [2.24, 2.45) is 0 Å². The maximum absolute atomic E-state index is 8.84. The van der Waals surface area contributed by atoms with Crippen molar-refractivity contribution < 1.29 is 31.8 Å². The Kier molecular flexibility index (Phi) is 25.9. The van der Waals surface area contributed by atoms with Crippen LogP contribution in [-0.4, -0.2) is 44.1 Å². The van der Waals surface area contributed by atoms with E-state index in [4.69, 9.17) is 9.18 Å². The van der Waals surface area contributed by atoms with E-state index in [2.05, 4.69) is 0 Å². The van der Waals surface area contributed by atoms with Gasteiger partial charge in [0.05, 0.1) is 0 Å². The molecule has 0 amide bonds. The summed E-state index contributed by atoms with van der Waals surface area (Å²) in [4.78, 5) is 0. The molecule has 0 aromatic rings. The SMILES string of the molecule is [Li].[Li].[O]=[Zr]([OH])[OH]. The van der Waals surface area contributed by atoms with E-state index in [-0.39, 0.29) is 37.7 Å². The molecule has 0 aliphatic carbocycles. The van der Waals surface area contributed by atoms with Gasteiger partial charge in [-0.25, -0.2) is 0 Å². The summed E-state index contributed by atoms with van der Waals surface area (Å²) >= 11 is -3.79. The van der Waals surface area contributed by atoms with Crippen LogP contribution < -0.4 is 0 Å². The van der Waals surface area contributed by atoms with Crippen LogP contribution in [0.4, 0.5) is 0 Å². The van der Waals surface area contributed by atoms with Gasteiger partial charge in [-0.05, 0) is 0 Å². The van der Waals surface area contributed by atoms with Crippen LogP contribution in [0.15, 0.2) is 0 Å². The van der Waals surface area contributed by atoms with Gasteiger partial charge in [0, 0.05) is 37.7 Å². The molecule has 26 valence electrons. The van der Waals surface area contributed by atoms with Gasteiger partial charge >= 0.3 is 31.8 Å². The molecule has 0 bridgehead atoms. The molecule has 0 aromatic carbocycles. The number of rotatable bonds is 0. The summed E-state index contributed by atoms with van der Waals surface area (Å²) in [5, 5.41) is 0. The summed E-state index contributed by atoms with van der Waals surface area (Å²) in [5.74, 6) is 0. The van der Waals surface area contributed by atoms with E-state index in [1.807, 2.05) is 0 Å². The Morgan fingerprint density at radius 2 is 1.17 bits per heavy atom. The monoisotopic (exact) mass is 154 g/mol. The quantitative estimate of drug-likeness (QED) is 0.398. The molecular weight excluding hydrogens is 153 g/mol. The van der Waals surface area contributed by atoms with Gasteiger partial charge in [0.1, 0.15) is 0 Å². The standard InChI is InChI=1S/2Li.2H2O.O.Zr/h;;2*1H2;;/q;;;;;+2/p-2. The molecule has 2 N–H and O–H groups in total. The number of hydrogen-bond donors (Lipinski definition) is 2. The van der Waals surface area contributed by atoms with Gasteiger partial charge in [-0.15, -0.1) is 0 Å². The van der Waals surface area contributed by atoms with Crippen LogP contribution in [0.5, 0.6) is 0 Å². The first kappa shape index (κ1) is 15.7. The topological polar surface area (TPSA) is 57.5 Å². The predicted molar refractivity (Wildman–Crippen MR) is 16.6 cm³/mol. The average molecular weight is 155 g/mol. The van der Waals surface area contributed by atoms with Crippen molar-refractivity contribution in [3.63, 3.8) is 0 Å². The molecule has 0 saturated carbocycles. The van der Waals surface area contributed by atoms with E-state index >= 15 is 0 Å². The summed E-state index contributed by atoms with van der Waals surface area (Å²) in [6.45, 7) is 0. The van der Waals surface area contributed by atoms with Gasteiger partial charge in [-0.3, -0.25) is 0 Å². The molecule has 0 aliphatic rings. The molecule has 0 heterocycles. The molecular formula is H2Li2O3Zr. The Balaban J connectivity index is -0.0000000450. The van der Waals surface area contributed by atoms with Crippen LogP contribution in [0.2, 0.25) is 0 Å². The van der Waals surface area contributed by atoms with Crippen molar-refractivity contribution in [3.05, 3.63) is 0 Å². The molecule has 0 aliphatic heterocycles. The number of hydrogen-bond acceptors (Lipinski definition) is 1. The molecule has 6 heavy (non-hydrogen) atoms. The Labute approximate surface area is 68.8 Å². The van der Waals surface area contributed by atoms with Gasteiger partial charge in [0.2, 0.25) is 0 Å². The first-order chi connectivity index (χ1) is 1.73. The van der Waals surface area contributed by atoms with Crippen LogP contribution >= 0.6 is 0 Å². The maximum atomic E-state index is 8.84. The van der Waals surface area contributed by atoms with Crippen molar-refractivity contribution in [1.29, 1.82) is 0 Å². The summed E-state index contributed by atoms with van der Waals surface area (Å²) in [5.41, 5.74) is 0. The predicted octanol–water partition coefficient (Wildman–Crippen LogP) is -2.00. The van der Waals surface area contributed by atoms with Crippen molar-refractivity contribution in [2.45, 2.75) is 0 Å². The second-order valence-corrected chi connectivity index (χ2v) is 1.67. The van der Waals surface area contributed by atoms with E-state index < -0.39 is 22.6 Å². The summed E-state index contributed by atoms with van der Waals surface area (Å²) in [6, 6.07) is 0. The van der Waals surface area contributed by atoms with Crippen LogP contribution in [-0.2, 0) is 25.4 Å². The summed E-state index contributed by atoms with van der Waals surface area (Å²) < 4.78 is 23.3. The Bertz CT molecular complexity index is 31.8. The van der Waals surface area contributed by atoms with E-state index in [9.17, 15) is 0 Å². The third-order valence-corrected chi connectivity index (χ3v) is 0. The molecule has 0 fully saturated rings. The van der Waals surface area contributed by atoms with Gasteiger partial charge in [0.25, 0.3) is 0 Å². The van der Waals surface area contributed by atoms with E-state index in [1.54, 1.807) is 0 Å². The van der Waals surface area contributed by atoms with E-state index in [0.717, 1.165) is 0 Å². The van der Waals surface area contributed by atoms with Gasteiger partial charge in [-0.2, -0.15) is 0 Å². The zero-order chi connectivity index (χ0) is 3.58. The minimum absolute atomic E-state index is 0. The zero-order valence-electron chi connectivity index (χ0n) is 3.80. The Hall–Kier alpha value is 1.80. The van der Waals surface area contributed by atoms with Crippen LogP contribution in [0.3, 0.4) is 0 Å². The van der Waals surface area contributed by atoms with Gasteiger partial charge in [-0.1, -0.05) is 0 Å². The Morgan fingerprint density at radius 3 is 1.17 bits per heavy atom. The van der Waals surface area contributed by atoms with Crippen molar-refractivity contribution in [3.8, 4) is 0 Å². The summed E-state index contributed by atoms with van der Waals surface area (Å²) in [7, 11) is 0. The van der Waals surface area contributed by atoms with Crippen LogP contribution in [0.1, 0.15) is 0 Å². The molecule has 0 aromatic heterocycles. The molecule has 0 rings (SSSR count). The van der Waals surface area contributed by atoms with Gasteiger partial charge < -0.3 is 0 Å². The molecule has 0 atom stereocenters. The first-order valence-corrected chi connectivity index (χ1v) is 3.85. The Morgan fingerprint density at radius 1 is 1.17 bits per heavy atom. The fourth-order valence-electron chi connectivity index (χ4n) is 0. The van der Waals surface area contributed by atoms with E-state index in [0.29, 0.717) is 0 Å². The molecule has 0 unspecified atom stereocenters. The van der Waals surface area contributed by atoms with E-state index in [1.165, 1.54) is 0 Å². The van der Waals surface area contributed by atoms with Crippen molar-refractivity contribution in [1.82, 2.24) is 0 Å². The van der Waals surface area contributed by atoms with Crippen molar-refractivity contribution >= 4 is 37.7 Å². The molecule has 3 nitrogen and oxygen atoms in total. The fourth-order valence-corrected chi connectivity index (χ4v) is 0. The average Bonchev–Trinajstić information content (AvgIpc) is 0.811. The third kappa shape index (κ3) is 41.3. The molecule has 6 heteroatoms. The molecule has 0 saturated heterocycles. The molecule has 2 radical (unpaired) electrons. The van der Waals surface area contributed by atoms with Gasteiger partial charge in [0.15, 0.2) is 0 Å².